The van der Waals surface area contributed by atoms with Crippen molar-refractivity contribution in [3.8, 4) is 0 Å². The number of rotatable bonds is 9. The molecular weight excluding hydrogens is 244 g/mol. The van der Waals surface area contributed by atoms with E-state index in [2.05, 4.69) is 0 Å². The number of hydrogen-bond donors (Lipinski definition) is 4. The van der Waals surface area contributed by atoms with Crippen molar-refractivity contribution in [2.45, 2.75) is 25.3 Å². The predicted molar refractivity (Wildman–Crippen MR) is 61.2 cm³/mol. The molecule has 0 bridgehead atoms. The molecule has 0 aliphatic rings. The van der Waals surface area contributed by atoms with Gasteiger partial charge in [0.05, 0.1) is 24.9 Å². The molecule has 8 nitrogen and oxygen atoms in total. The Balaban J connectivity index is 5.27. The summed E-state index contributed by atoms with van der Waals surface area (Å²) < 4.78 is 0. The van der Waals surface area contributed by atoms with Gasteiger partial charge in [-0.05, 0) is 6.54 Å². The van der Waals surface area contributed by atoms with E-state index in [-0.39, 0.29) is 13.1 Å². The van der Waals surface area contributed by atoms with Crippen molar-refractivity contribution < 1.29 is 29.7 Å². The van der Waals surface area contributed by atoms with Crippen LogP contribution in [0.3, 0.4) is 0 Å². The lowest BCUT2D eigenvalue weighted by molar-refractivity contribution is -0.149. The zero-order chi connectivity index (χ0) is 14.3. The topological polar surface area (TPSA) is 141 Å². The maximum atomic E-state index is 10.8. The summed E-state index contributed by atoms with van der Waals surface area (Å²) in [6.07, 6.45) is -1.03. The lowest BCUT2D eigenvalue weighted by atomic mass is 9.88. The van der Waals surface area contributed by atoms with Crippen molar-refractivity contribution in [2.75, 3.05) is 19.6 Å². The number of hydrogen-bond acceptors (Lipinski definition) is 5. The molecule has 0 unspecified atom stereocenters. The largest absolute Gasteiger partial charge is 0.481 e. The second-order valence-electron chi connectivity index (χ2n) is 3.98. The van der Waals surface area contributed by atoms with Gasteiger partial charge < -0.3 is 21.1 Å². The number of carboxylic acids is 3. The molecule has 0 aliphatic heterocycles. The van der Waals surface area contributed by atoms with Crippen molar-refractivity contribution in [2.24, 2.45) is 5.73 Å². The van der Waals surface area contributed by atoms with Crippen LogP contribution < -0.4 is 5.73 Å². The average molecular weight is 262 g/mol. The van der Waals surface area contributed by atoms with Crippen LogP contribution in [-0.2, 0) is 14.4 Å². The summed E-state index contributed by atoms with van der Waals surface area (Å²) >= 11 is 0. The first-order valence-electron chi connectivity index (χ1n) is 5.38. The van der Waals surface area contributed by atoms with Crippen LogP contribution in [0.5, 0.6) is 0 Å². The SMILES string of the molecule is CCN(CC(=O)O)C(CN)(CC(=O)O)CC(=O)O. The molecule has 0 fully saturated rings. The van der Waals surface area contributed by atoms with Crippen molar-refractivity contribution in [1.29, 1.82) is 0 Å². The van der Waals surface area contributed by atoms with Crippen LogP contribution in [0.15, 0.2) is 0 Å². The fraction of sp³-hybridized carbons (Fsp3) is 0.700. The van der Waals surface area contributed by atoms with Crippen LogP contribution in [0.4, 0.5) is 0 Å². The number of nitrogens with zero attached hydrogens (tertiary/aromatic N) is 1. The lowest BCUT2D eigenvalue weighted by Crippen LogP contribution is -2.57. The average Bonchev–Trinajstić information content (AvgIpc) is 2.23. The molecule has 0 aliphatic carbocycles. The van der Waals surface area contributed by atoms with E-state index in [9.17, 15) is 14.4 Å². The molecule has 0 amide bonds. The maximum absolute atomic E-state index is 10.8. The van der Waals surface area contributed by atoms with Crippen LogP contribution in [0.2, 0.25) is 0 Å². The fourth-order valence-corrected chi connectivity index (χ4v) is 1.90. The summed E-state index contributed by atoms with van der Waals surface area (Å²) in [6, 6.07) is 0. The summed E-state index contributed by atoms with van der Waals surface area (Å²) in [5.41, 5.74) is 4.11. The second kappa shape index (κ2) is 6.92. The summed E-state index contributed by atoms with van der Waals surface area (Å²) in [6.45, 7) is 1.13. The molecule has 0 rings (SSSR count). The lowest BCUT2D eigenvalue weighted by Gasteiger charge is -2.40. The Morgan fingerprint density at radius 3 is 1.72 bits per heavy atom. The van der Waals surface area contributed by atoms with Gasteiger partial charge in [0, 0.05) is 6.54 Å². The molecule has 0 radical (unpaired) electrons. The van der Waals surface area contributed by atoms with Gasteiger partial charge in [0.25, 0.3) is 0 Å². The fourth-order valence-electron chi connectivity index (χ4n) is 1.90. The van der Waals surface area contributed by atoms with E-state index in [1.165, 1.54) is 4.90 Å². The standard InChI is InChI=1S/C10H18N2O6/c1-2-12(5-9(17)18)10(6-11,3-7(13)14)4-8(15)16/h2-6,11H2,1H3,(H,13,14)(H,15,16)(H,17,18). The Morgan fingerprint density at radius 2 is 1.50 bits per heavy atom. The molecule has 104 valence electrons. The molecule has 0 aromatic heterocycles. The van der Waals surface area contributed by atoms with Crippen LogP contribution in [0.1, 0.15) is 19.8 Å². The van der Waals surface area contributed by atoms with Gasteiger partial charge in [-0.25, -0.2) is 0 Å². The van der Waals surface area contributed by atoms with E-state index in [0.29, 0.717) is 0 Å². The van der Waals surface area contributed by atoms with Gasteiger partial charge >= 0.3 is 17.9 Å². The monoisotopic (exact) mass is 262 g/mol. The summed E-state index contributed by atoms with van der Waals surface area (Å²) in [5.74, 6) is -3.60. The third kappa shape index (κ3) is 4.68. The number of likely N-dealkylation sites (N-methyl/N-ethyl adjacent to an activating group) is 1. The third-order valence-corrected chi connectivity index (χ3v) is 2.72. The first kappa shape index (κ1) is 16.3. The van der Waals surface area contributed by atoms with Crippen LogP contribution in [-0.4, -0.2) is 63.3 Å². The number of aliphatic carboxylic acids is 3. The van der Waals surface area contributed by atoms with Crippen LogP contribution in [0.25, 0.3) is 0 Å². The highest BCUT2D eigenvalue weighted by atomic mass is 16.4. The van der Waals surface area contributed by atoms with E-state index in [1.807, 2.05) is 0 Å². The molecule has 0 saturated carbocycles. The van der Waals surface area contributed by atoms with Gasteiger partial charge in [-0.2, -0.15) is 0 Å². The minimum atomic E-state index is -1.38. The second-order valence-corrected chi connectivity index (χ2v) is 3.98. The molecule has 0 spiro atoms. The first-order valence-corrected chi connectivity index (χ1v) is 5.38. The van der Waals surface area contributed by atoms with Gasteiger partial charge in [-0.3, -0.25) is 19.3 Å². The van der Waals surface area contributed by atoms with E-state index in [0.717, 1.165) is 0 Å². The zero-order valence-electron chi connectivity index (χ0n) is 10.1. The van der Waals surface area contributed by atoms with Crippen LogP contribution >= 0.6 is 0 Å². The number of carboxylic acid groups (broad SMARTS) is 3. The Bertz CT molecular complexity index is 314. The van der Waals surface area contributed by atoms with E-state index in [4.69, 9.17) is 21.1 Å². The minimum absolute atomic E-state index is 0.198. The summed E-state index contributed by atoms with van der Waals surface area (Å²) in [4.78, 5) is 33.7. The third-order valence-electron chi connectivity index (χ3n) is 2.72. The Hall–Kier alpha value is -1.67. The first-order chi connectivity index (χ1) is 8.27. The Labute approximate surface area is 104 Å². The molecule has 0 atom stereocenters. The Kier molecular flexibility index (Phi) is 6.28. The van der Waals surface area contributed by atoms with E-state index < -0.39 is 42.8 Å². The smallest absolute Gasteiger partial charge is 0.317 e. The Morgan fingerprint density at radius 1 is 1.06 bits per heavy atom. The molecular formula is C10H18N2O6. The van der Waals surface area contributed by atoms with Crippen molar-refractivity contribution in [3.63, 3.8) is 0 Å². The quantitative estimate of drug-likeness (QED) is 0.416. The van der Waals surface area contributed by atoms with Crippen molar-refractivity contribution in [1.82, 2.24) is 4.90 Å². The van der Waals surface area contributed by atoms with Gasteiger partial charge in [0.1, 0.15) is 0 Å². The van der Waals surface area contributed by atoms with Gasteiger partial charge in [0.2, 0.25) is 0 Å². The summed E-state index contributed by atoms with van der Waals surface area (Å²) in [7, 11) is 0. The predicted octanol–water partition coefficient (Wildman–Crippen LogP) is -0.960. The minimum Gasteiger partial charge on any atom is -0.481 e. The highest BCUT2D eigenvalue weighted by molar-refractivity contribution is 5.74. The molecule has 8 heteroatoms. The number of nitrogens with two attached hydrogens (primary N) is 1. The highest BCUT2D eigenvalue weighted by Crippen LogP contribution is 2.23. The van der Waals surface area contributed by atoms with E-state index in [1.54, 1.807) is 6.92 Å². The zero-order valence-corrected chi connectivity index (χ0v) is 10.1. The molecule has 0 saturated heterocycles. The molecule has 0 aromatic carbocycles. The maximum Gasteiger partial charge on any atom is 0.317 e. The van der Waals surface area contributed by atoms with Gasteiger partial charge in [0.15, 0.2) is 0 Å². The number of carbonyl (C=O) groups is 3. The highest BCUT2D eigenvalue weighted by Gasteiger charge is 2.40. The van der Waals surface area contributed by atoms with Gasteiger partial charge in [-0.1, -0.05) is 6.92 Å². The molecule has 5 N–H and O–H groups in total. The van der Waals surface area contributed by atoms with Gasteiger partial charge in [-0.15, -0.1) is 0 Å². The normalized spacial score (nSPS) is 11.5. The molecule has 0 aromatic rings. The molecule has 18 heavy (non-hydrogen) atoms. The molecule has 0 heterocycles. The van der Waals surface area contributed by atoms with Crippen molar-refractivity contribution in [3.05, 3.63) is 0 Å². The van der Waals surface area contributed by atoms with Crippen LogP contribution in [0, 0.1) is 0 Å². The van der Waals surface area contributed by atoms with Crippen molar-refractivity contribution >= 4 is 17.9 Å². The summed E-state index contributed by atoms with van der Waals surface area (Å²) in [5, 5.41) is 26.5. The van der Waals surface area contributed by atoms with E-state index >= 15 is 0 Å².